The van der Waals surface area contributed by atoms with Gasteiger partial charge in [0.15, 0.2) is 0 Å². The molecule has 64 valence electrons. The molecular formula is C9H10O3. The highest BCUT2D eigenvalue weighted by Crippen LogP contribution is 2.42. The van der Waals surface area contributed by atoms with Crippen molar-refractivity contribution in [3.8, 4) is 0 Å². The zero-order valence-corrected chi connectivity index (χ0v) is 6.56. The lowest BCUT2D eigenvalue weighted by molar-refractivity contribution is -0.139. The molecule has 0 radical (unpaired) electrons. The molecule has 1 N–H and O–H groups in total. The van der Waals surface area contributed by atoms with Crippen molar-refractivity contribution in [2.75, 3.05) is 0 Å². The van der Waals surface area contributed by atoms with Crippen LogP contribution < -0.4 is 0 Å². The molecule has 1 aliphatic carbocycles. The maximum atomic E-state index is 10.8. The maximum absolute atomic E-state index is 10.8. The Kier molecular flexibility index (Phi) is 1.64. The number of carboxylic acid groups (broad SMARTS) is 1. The fraction of sp³-hybridized carbons (Fsp3) is 0.444. The summed E-state index contributed by atoms with van der Waals surface area (Å²) in [4.78, 5) is 10.8. The first-order valence-corrected chi connectivity index (χ1v) is 4.05. The van der Waals surface area contributed by atoms with Crippen LogP contribution in [-0.2, 0) is 4.79 Å². The molecule has 1 saturated carbocycles. The van der Waals surface area contributed by atoms with E-state index in [9.17, 15) is 4.79 Å². The molecule has 2 rings (SSSR count). The van der Waals surface area contributed by atoms with Crippen molar-refractivity contribution >= 4 is 5.97 Å². The number of furan rings is 1. The quantitative estimate of drug-likeness (QED) is 0.745. The number of hydrogen-bond donors (Lipinski definition) is 1. The molecule has 3 nitrogen and oxygen atoms in total. The fourth-order valence-electron chi connectivity index (χ4n) is 1.45. The van der Waals surface area contributed by atoms with Crippen LogP contribution >= 0.6 is 0 Å². The Morgan fingerprint density at radius 2 is 2.42 bits per heavy atom. The highest BCUT2D eigenvalue weighted by Gasteiger charge is 2.38. The predicted octanol–water partition coefficient (Wildman–Crippen LogP) is 1.86. The average molecular weight is 166 g/mol. The molecule has 0 spiro atoms. The summed E-state index contributed by atoms with van der Waals surface area (Å²) in [6, 6.07) is 3.46. The van der Waals surface area contributed by atoms with Gasteiger partial charge >= 0.3 is 5.97 Å². The number of hydrogen-bond acceptors (Lipinski definition) is 2. The van der Waals surface area contributed by atoms with Crippen molar-refractivity contribution < 1.29 is 14.3 Å². The highest BCUT2D eigenvalue weighted by molar-refractivity contribution is 5.76. The first-order chi connectivity index (χ1) is 5.79. The van der Waals surface area contributed by atoms with Crippen molar-refractivity contribution in [1.29, 1.82) is 0 Å². The Labute approximate surface area is 70.0 Å². The van der Waals surface area contributed by atoms with Crippen molar-refractivity contribution in [3.05, 3.63) is 24.2 Å². The zero-order chi connectivity index (χ0) is 8.55. The van der Waals surface area contributed by atoms with Crippen LogP contribution in [0.2, 0.25) is 0 Å². The first-order valence-electron chi connectivity index (χ1n) is 4.05. The summed E-state index contributed by atoms with van der Waals surface area (Å²) >= 11 is 0. The van der Waals surface area contributed by atoms with Gasteiger partial charge in [0, 0.05) is 0 Å². The third kappa shape index (κ3) is 1.22. The van der Waals surface area contributed by atoms with E-state index in [1.807, 2.05) is 0 Å². The van der Waals surface area contributed by atoms with Gasteiger partial charge in [0.25, 0.3) is 0 Å². The lowest BCUT2D eigenvalue weighted by atomic mass is 10.0. The molecule has 1 aromatic rings. The third-order valence-corrected chi connectivity index (χ3v) is 2.21. The summed E-state index contributed by atoms with van der Waals surface area (Å²) in [5.41, 5.74) is 0. The number of carbonyl (C=O) groups is 1. The molecule has 1 fully saturated rings. The summed E-state index contributed by atoms with van der Waals surface area (Å²) in [6.07, 6.45) is 3.54. The minimum absolute atomic E-state index is 0.300. The van der Waals surface area contributed by atoms with Gasteiger partial charge in [0.2, 0.25) is 0 Å². The Balaban J connectivity index is 2.21. The van der Waals surface area contributed by atoms with E-state index < -0.39 is 11.9 Å². The standard InChI is InChI=1S/C9H10O3/c10-9(11)8(6-3-4-6)7-2-1-5-12-7/h1-2,5-6,8H,3-4H2,(H,10,11). The summed E-state index contributed by atoms with van der Waals surface area (Å²) in [5, 5.41) is 8.90. The van der Waals surface area contributed by atoms with Gasteiger partial charge in [-0.05, 0) is 30.9 Å². The van der Waals surface area contributed by atoms with Crippen LogP contribution in [0.3, 0.4) is 0 Å². The maximum Gasteiger partial charge on any atom is 0.314 e. The highest BCUT2D eigenvalue weighted by atomic mass is 16.4. The Hall–Kier alpha value is -1.25. The van der Waals surface area contributed by atoms with Gasteiger partial charge in [-0.25, -0.2) is 0 Å². The predicted molar refractivity (Wildman–Crippen MR) is 41.8 cm³/mol. The van der Waals surface area contributed by atoms with Crippen LogP contribution in [0.4, 0.5) is 0 Å². The molecule has 1 heterocycles. The van der Waals surface area contributed by atoms with Gasteiger partial charge in [-0.3, -0.25) is 4.79 Å². The van der Waals surface area contributed by atoms with Crippen molar-refractivity contribution in [2.45, 2.75) is 18.8 Å². The second-order valence-electron chi connectivity index (χ2n) is 3.17. The van der Waals surface area contributed by atoms with Crippen LogP contribution in [0.15, 0.2) is 22.8 Å². The SMILES string of the molecule is O=C(O)C(c1ccco1)C1CC1. The summed E-state index contributed by atoms with van der Waals surface area (Å²) in [6.45, 7) is 0. The van der Waals surface area contributed by atoms with E-state index in [4.69, 9.17) is 9.52 Å². The van der Waals surface area contributed by atoms with E-state index in [1.54, 1.807) is 12.1 Å². The van der Waals surface area contributed by atoms with Crippen LogP contribution in [-0.4, -0.2) is 11.1 Å². The van der Waals surface area contributed by atoms with Gasteiger partial charge < -0.3 is 9.52 Å². The Morgan fingerprint density at radius 1 is 1.67 bits per heavy atom. The second-order valence-corrected chi connectivity index (χ2v) is 3.17. The lowest BCUT2D eigenvalue weighted by Crippen LogP contribution is -2.12. The van der Waals surface area contributed by atoms with Crippen molar-refractivity contribution in [2.24, 2.45) is 5.92 Å². The topological polar surface area (TPSA) is 50.4 Å². The van der Waals surface area contributed by atoms with Crippen LogP contribution in [0.25, 0.3) is 0 Å². The molecular weight excluding hydrogens is 156 g/mol. The van der Waals surface area contributed by atoms with Gasteiger partial charge in [-0.15, -0.1) is 0 Å². The first kappa shape index (κ1) is 7.40. The summed E-state index contributed by atoms with van der Waals surface area (Å²) < 4.78 is 5.08. The van der Waals surface area contributed by atoms with Gasteiger partial charge in [0.05, 0.1) is 6.26 Å². The van der Waals surface area contributed by atoms with E-state index in [2.05, 4.69) is 0 Å². The van der Waals surface area contributed by atoms with Crippen LogP contribution in [0.1, 0.15) is 24.5 Å². The molecule has 0 saturated heterocycles. The lowest BCUT2D eigenvalue weighted by Gasteiger charge is -2.06. The van der Waals surface area contributed by atoms with E-state index in [0.29, 0.717) is 11.7 Å². The Bertz CT molecular complexity index is 272. The average Bonchev–Trinajstić information content (AvgIpc) is 2.65. The van der Waals surface area contributed by atoms with E-state index >= 15 is 0 Å². The number of rotatable bonds is 3. The molecule has 0 bridgehead atoms. The molecule has 0 aliphatic heterocycles. The normalized spacial score (nSPS) is 19.0. The van der Waals surface area contributed by atoms with E-state index in [0.717, 1.165) is 12.8 Å². The van der Waals surface area contributed by atoms with Crippen LogP contribution in [0.5, 0.6) is 0 Å². The molecule has 3 heteroatoms. The summed E-state index contributed by atoms with van der Waals surface area (Å²) in [5.74, 6) is -0.300. The molecule has 1 aromatic heterocycles. The zero-order valence-electron chi connectivity index (χ0n) is 6.56. The minimum atomic E-state index is -0.771. The third-order valence-electron chi connectivity index (χ3n) is 2.21. The minimum Gasteiger partial charge on any atom is -0.481 e. The molecule has 0 amide bonds. The fourth-order valence-corrected chi connectivity index (χ4v) is 1.45. The molecule has 1 unspecified atom stereocenters. The summed E-state index contributed by atoms with van der Waals surface area (Å²) in [7, 11) is 0. The van der Waals surface area contributed by atoms with Crippen LogP contribution in [0, 0.1) is 5.92 Å². The van der Waals surface area contributed by atoms with E-state index in [-0.39, 0.29) is 0 Å². The second kappa shape index (κ2) is 2.66. The monoisotopic (exact) mass is 166 g/mol. The van der Waals surface area contributed by atoms with Gasteiger partial charge in [-0.2, -0.15) is 0 Å². The molecule has 1 aliphatic rings. The van der Waals surface area contributed by atoms with E-state index in [1.165, 1.54) is 6.26 Å². The van der Waals surface area contributed by atoms with Gasteiger partial charge in [-0.1, -0.05) is 0 Å². The van der Waals surface area contributed by atoms with Crippen molar-refractivity contribution in [3.63, 3.8) is 0 Å². The largest absolute Gasteiger partial charge is 0.481 e. The molecule has 0 aromatic carbocycles. The number of carboxylic acids is 1. The van der Waals surface area contributed by atoms with Crippen molar-refractivity contribution in [1.82, 2.24) is 0 Å². The molecule has 12 heavy (non-hydrogen) atoms. The Morgan fingerprint density at radius 3 is 2.83 bits per heavy atom. The number of aliphatic carboxylic acids is 1. The molecule has 1 atom stereocenters. The smallest absolute Gasteiger partial charge is 0.314 e. The van der Waals surface area contributed by atoms with Gasteiger partial charge in [0.1, 0.15) is 11.7 Å².